The summed E-state index contributed by atoms with van der Waals surface area (Å²) in [5.41, 5.74) is 5.36. The van der Waals surface area contributed by atoms with Crippen molar-refractivity contribution in [3.8, 4) is 0 Å². The van der Waals surface area contributed by atoms with Crippen LogP contribution in [0.25, 0.3) is 0 Å². The second-order valence-electron chi connectivity index (χ2n) is 9.21. The lowest BCUT2D eigenvalue weighted by molar-refractivity contribution is -0.186. The van der Waals surface area contributed by atoms with E-state index in [1.165, 1.54) is 11.1 Å². The van der Waals surface area contributed by atoms with Crippen LogP contribution in [0, 0.1) is 13.8 Å². The van der Waals surface area contributed by atoms with E-state index in [2.05, 4.69) is 36.9 Å². The van der Waals surface area contributed by atoms with Gasteiger partial charge in [0.05, 0.1) is 31.5 Å². The van der Waals surface area contributed by atoms with E-state index >= 15 is 0 Å². The first-order valence-electron chi connectivity index (χ1n) is 11.7. The Kier molecular flexibility index (Phi) is 6.27. The number of benzene rings is 2. The normalized spacial score (nSPS) is 22.7. The third-order valence-corrected chi connectivity index (χ3v) is 7.40. The first-order chi connectivity index (χ1) is 15.9. The van der Waals surface area contributed by atoms with Crippen LogP contribution in [0.5, 0.6) is 0 Å². The number of hydrogen-bond donors (Lipinski definition) is 0. The number of rotatable bonds is 4. The predicted octanol–water partition coefficient (Wildman–Crippen LogP) is 4.47. The van der Waals surface area contributed by atoms with Gasteiger partial charge in [0.2, 0.25) is 0 Å². The molecule has 33 heavy (non-hydrogen) atoms. The van der Waals surface area contributed by atoms with Crippen LogP contribution in [0.1, 0.15) is 47.6 Å². The van der Waals surface area contributed by atoms with Crippen molar-refractivity contribution < 1.29 is 14.3 Å². The summed E-state index contributed by atoms with van der Waals surface area (Å²) < 4.78 is 11.6. The van der Waals surface area contributed by atoms with Crippen molar-refractivity contribution in [1.29, 1.82) is 0 Å². The molecule has 1 amide bonds. The molecule has 2 fully saturated rings. The summed E-state index contributed by atoms with van der Waals surface area (Å²) in [6.07, 6.45) is 2.21. The Bertz CT molecular complexity index is 1070. The van der Waals surface area contributed by atoms with E-state index in [-0.39, 0.29) is 11.9 Å². The summed E-state index contributed by atoms with van der Waals surface area (Å²) in [5, 5.41) is 7.14. The van der Waals surface area contributed by atoms with E-state index in [9.17, 15) is 4.79 Å². The number of piperidine rings is 1. The molecule has 3 heterocycles. The van der Waals surface area contributed by atoms with Crippen LogP contribution in [0.3, 0.4) is 0 Å². The second kappa shape index (κ2) is 9.18. The van der Waals surface area contributed by atoms with Gasteiger partial charge in [-0.25, -0.2) is 5.01 Å². The summed E-state index contributed by atoms with van der Waals surface area (Å²) in [6, 6.07) is 13.9. The SMILES string of the molecule is Cc1ccc(C2=NN(C(=O)CN3CCC4(CC3)OCCO4)[C@@H](c3ccccc3Cl)C2)cc1C. The topological polar surface area (TPSA) is 54.4 Å². The van der Waals surface area contributed by atoms with Gasteiger partial charge in [-0.05, 0) is 48.2 Å². The molecule has 0 aromatic heterocycles. The van der Waals surface area contributed by atoms with Gasteiger partial charge in [0.15, 0.2) is 5.79 Å². The first kappa shape index (κ1) is 22.5. The van der Waals surface area contributed by atoms with Gasteiger partial charge in [0.1, 0.15) is 0 Å². The highest BCUT2D eigenvalue weighted by atomic mass is 35.5. The van der Waals surface area contributed by atoms with Crippen LogP contribution in [0.15, 0.2) is 47.6 Å². The average molecular weight is 468 g/mol. The Morgan fingerprint density at radius 2 is 1.82 bits per heavy atom. The van der Waals surface area contributed by atoms with Crippen LogP contribution < -0.4 is 0 Å². The quantitative estimate of drug-likeness (QED) is 0.665. The van der Waals surface area contributed by atoms with Crippen molar-refractivity contribution in [3.05, 3.63) is 69.7 Å². The van der Waals surface area contributed by atoms with E-state index in [4.69, 9.17) is 26.2 Å². The molecule has 3 aliphatic rings. The summed E-state index contributed by atoms with van der Waals surface area (Å²) in [7, 11) is 0. The van der Waals surface area contributed by atoms with Crippen molar-refractivity contribution >= 4 is 23.2 Å². The Balaban J connectivity index is 1.36. The predicted molar refractivity (Wildman–Crippen MR) is 128 cm³/mol. The number of hydrazone groups is 1. The monoisotopic (exact) mass is 467 g/mol. The Labute approximate surface area is 200 Å². The minimum atomic E-state index is -0.443. The van der Waals surface area contributed by atoms with Crippen LogP contribution in [0.4, 0.5) is 0 Å². The molecule has 0 N–H and O–H groups in total. The molecule has 2 aromatic rings. The zero-order chi connectivity index (χ0) is 23.0. The van der Waals surface area contributed by atoms with Gasteiger partial charge in [-0.3, -0.25) is 9.69 Å². The van der Waals surface area contributed by atoms with Gasteiger partial charge in [0.25, 0.3) is 5.91 Å². The smallest absolute Gasteiger partial charge is 0.257 e. The maximum Gasteiger partial charge on any atom is 0.257 e. The lowest BCUT2D eigenvalue weighted by Crippen LogP contribution is -2.48. The number of carbonyl (C=O) groups is 1. The molecule has 0 saturated carbocycles. The molecule has 2 saturated heterocycles. The molecule has 0 radical (unpaired) electrons. The molecular formula is C26H30ClN3O3. The molecule has 1 spiro atoms. The summed E-state index contributed by atoms with van der Waals surface area (Å²) in [6.45, 7) is 7.37. The summed E-state index contributed by atoms with van der Waals surface area (Å²) in [4.78, 5) is 15.7. The van der Waals surface area contributed by atoms with Crippen molar-refractivity contribution in [1.82, 2.24) is 9.91 Å². The standard InChI is InChI=1S/C26H30ClN3O3/c1-18-7-8-20(15-19(18)2)23-16-24(21-5-3-4-6-22(21)27)30(28-23)25(31)17-29-11-9-26(10-12-29)32-13-14-33-26/h3-8,15,24H,9-14,16-17H2,1-2H3/t24-/m1/s1. The fourth-order valence-corrected chi connectivity index (χ4v) is 5.19. The Morgan fingerprint density at radius 1 is 1.09 bits per heavy atom. The van der Waals surface area contributed by atoms with Gasteiger partial charge in [0, 0.05) is 37.4 Å². The van der Waals surface area contributed by atoms with Crippen molar-refractivity contribution in [3.63, 3.8) is 0 Å². The maximum atomic E-state index is 13.5. The number of halogens is 1. The zero-order valence-electron chi connectivity index (χ0n) is 19.2. The molecule has 7 heteroatoms. The van der Waals surface area contributed by atoms with Gasteiger partial charge < -0.3 is 9.47 Å². The fourth-order valence-electron chi connectivity index (χ4n) is 4.92. The molecule has 6 nitrogen and oxygen atoms in total. The first-order valence-corrected chi connectivity index (χ1v) is 12.0. The van der Waals surface area contributed by atoms with Crippen molar-refractivity contribution in [2.24, 2.45) is 5.10 Å². The molecular weight excluding hydrogens is 438 g/mol. The number of likely N-dealkylation sites (tertiary alicyclic amines) is 1. The summed E-state index contributed by atoms with van der Waals surface area (Å²) >= 11 is 6.55. The lowest BCUT2D eigenvalue weighted by Gasteiger charge is -2.37. The molecule has 2 aromatic carbocycles. The number of carbonyl (C=O) groups excluding carboxylic acids is 1. The molecule has 0 unspecified atom stereocenters. The van der Waals surface area contributed by atoms with Gasteiger partial charge in [-0.2, -0.15) is 5.10 Å². The van der Waals surface area contributed by atoms with Crippen LogP contribution >= 0.6 is 11.6 Å². The van der Waals surface area contributed by atoms with Gasteiger partial charge >= 0.3 is 0 Å². The number of amides is 1. The largest absolute Gasteiger partial charge is 0.347 e. The molecule has 174 valence electrons. The van der Waals surface area contributed by atoms with Gasteiger partial charge in [-0.15, -0.1) is 0 Å². The number of hydrogen-bond acceptors (Lipinski definition) is 5. The second-order valence-corrected chi connectivity index (χ2v) is 9.62. The Hall–Kier alpha value is -2.25. The minimum Gasteiger partial charge on any atom is -0.347 e. The van der Waals surface area contributed by atoms with Crippen molar-refractivity contribution in [2.45, 2.75) is 44.9 Å². The average Bonchev–Trinajstić information content (AvgIpc) is 3.46. The third kappa shape index (κ3) is 4.58. The number of nitrogens with zero attached hydrogens (tertiary/aromatic N) is 3. The molecule has 5 rings (SSSR count). The van der Waals surface area contributed by atoms with E-state index in [0.717, 1.165) is 42.8 Å². The summed E-state index contributed by atoms with van der Waals surface area (Å²) in [5.74, 6) is -0.454. The number of aryl methyl sites for hydroxylation is 2. The molecule has 1 atom stereocenters. The molecule has 3 aliphatic heterocycles. The minimum absolute atomic E-state index is 0.0111. The van der Waals surface area contributed by atoms with E-state index in [1.807, 2.05) is 24.3 Å². The Morgan fingerprint density at radius 3 is 2.52 bits per heavy atom. The van der Waals surface area contributed by atoms with Gasteiger partial charge in [-0.1, -0.05) is 41.9 Å². The number of ether oxygens (including phenoxy) is 2. The highest BCUT2D eigenvalue weighted by Gasteiger charge is 2.41. The van der Waals surface area contributed by atoms with Crippen molar-refractivity contribution in [2.75, 3.05) is 32.8 Å². The van der Waals surface area contributed by atoms with E-state index in [0.29, 0.717) is 31.2 Å². The zero-order valence-corrected chi connectivity index (χ0v) is 20.0. The van der Waals surface area contributed by atoms with Crippen LogP contribution in [-0.4, -0.2) is 60.2 Å². The molecule has 0 aliphatic carbocycles. The van der Waals surface area contributed by atoms with E-state index in [1.54, 1.807) is 5.01 Å². The van der Waals surface area contributed by atoms with Crippen LogP contribution in [-0.2, 0) is 14.3 Å². The third-order valence-electron chi connectivity index (χ3n) is 7.06. The van der Waals surface area contributed by atoms with E-state index < -0.39 is 5.79 Å². The molecule has 0 bridgehead atoms. The lowest BCUT2D eigenvalue weighted by atomic mass is 9.96. The highest BCUT2D eigenvalue weighted by molar-refractivity contribution is 6.31. The van der Waals surface area contributed by atoms with Crippen LogP contribution in [0.2, 0.25) is 5.02 Å². The fraction of sp³-hybridized carbons (Fsp3) is 0.462. The maximum absolute atomic E-state index is 13.5. The highest BCUT2D eigenvalue weighted by Crippen LogP contribution is 2.37.